The van der Waals surface area contributed by atoms with Crippen molar-refractivity contribution in [1.82, 2.24) is 10.1 Å². The summed E-state index contributed by atoms with van der Waals surface area (Å²) in [5.41, 5.74) is 0.420. The van der Waals surface area contributed by atoms with Gasteiger partial charge in [-0.15, -0.1) is 0 Å². The molecule has 7 rings (SSSR count). The number of fused-ring (bicyclic) bond motifs is 3. The summed E-state index contributed by atoms with van der Waals surface area (Å²) in [6.45, 7) is 6.81. The van der Waals surface area contributed by atoms with Gasteiger partial charge in [0.1, 0.15) is 0 Å². The molecule has 0 unspecified atom stereocenters. The summed E-state index contributed by atoms with van der Waals surface area (Å²) in [6, 6.07) is 15.5. The number of hydrogen-bond acceptors (Lipinski definition) is 6. The fourth-order valence-electron chi connectivity index (χ4n) is 7.16. The van der Waals surface area contributed by atoms with Crippen molar-refractivity contribution in [3.63, 3.8) is 0 Å². The third-order valence-electron chi connectivity index (χ3n) is 10.1. The van der Waals surface area contributed by atoms with Crippen LogP contribution < -0.4 is 4.90 Å². The maximum atomic E-state index is 14.4. The van der Waals surface area contributed by atoms with Crippen LogP contribution in [-0.4, -0.2) is 38.7 Å². The summed E-state index contributed by atoms with van der Waals surface area (Å²) in [7, 11) is 0. The van der Waals surface area contributed by atoms with E-state index in [0.29, 0.717) is 12.4 Å². The fraction of sp³-hybridized carbons (Fsp3) is 0.559. The second kappa shape index (κ2) is 10.2. The second-order valence-corrected chi connectivity index (χ2v) is 14.3. The molecule has 43 heavy (non-hydrogen) atoms. The van der Waals surface area contributed by atoms with Crippen LogP contribution in [0.2, 0.25) is 0 Å². The highest BCUT2D eigenvalue weighted by atomic mass is 19.2. The minimum absolute atomic E-state index is 0.000952. The molecule has 4 saturated carbocycles. The highest BCUT2D eigenvalue weighted by molar-refractivity contribution is 5.96. The lowest BCUT2D eigenvalue weighted by molar-refractivity contribution is -0.183. The minimum atomic E-state index is -2.29. The van der Waals surface area contributed by atoms with Gasteiger partial charge in [0, 0.05) is 36.4 Å². The van der Waals surface area contributed by atoms with Crippen LogP contribution in [0.4, 0.5) is 14.5 Å². The highest BCUT2D eigenvalue weighted by Gasteiger charge is 2.54. The van der Waals surface area contributed by atoms with E-state index in [1.165, 1.54) is 13.8 Å². The van der Waals surface area contributed by atoms with E-state index in [0.717, 1.165) is 60.9 Å². The molecule has 4 fully saturated rings. The van der Waals surface area contributed by atoms with Crippen molar-refractivity contribution in [1.29, 1.82) is 0 Å². The van der Waals surface area contributed by atoms with Crippen LogP contribution in [0.1, 0.15) is 96.3 Å². The number of alkyl halides is 2. The van der Waals surface area contributed by atoms with E-state index in [4.69, 9.17) is 4.52 Å². The van der Waals surface area contributed by atoms with Gasteiger partial charge in [0.25, 0.3) is 5.89 Å². The molecule has 2 N–H and O–H groups in total. The largest absolute Gasteiger partial charge is 0.386 e. The molecular weight excluding hydrogens is 552 g/mol. The summed E-state index contributed by atoms with van der Waals surface area (Å²) in [5, 5.41) is 24.3. The zero-order chi connectivity index (χ0) is 30.8. The number of carbonyl (C=O) groups is 1. The summed E-state index contributed by atoms with van der Waals surface area (Å²) in [5.74, 6) is -2.45. The standard InChI is InChI=1S/C34H41F2N3O4/c1-30(2,35)29-37-28(38-43-29)33-15-12-32(13-16-33,14-17-33)21-39(27(40)24-19-34(36,42)20-24)26-7-5-6-23(18-26)22-8-10-25(11-9-22)31(3,4)41/h5-11,18,24,41-42H,12-17,19-21H2,1-4H3. The molecule has 0 spiro atoms. The molecule has 1 amide bonds. The van der Waals surface area contributed by atoms with Gasteiger partial charge < -0.3 is 19.6 Å². The van der Waals surface area contributed by atoms with Gasteiger partial charge in [-0.2, -0.15) is 4.98 Å². The zero-order valence-corrected chi connectivity index (χ0v) is 25.4. The van der Waals surface area contributed by atoms with Crippen LogP contribution in [0, 0.1) is 11.3 Å². The molecule has 4 aliphatic carbocycles. The lowest BCUT2D eigenvalue weighted by atomic mass is 9.53. The first-order valence-electron chi connectivity index (χ1n) is 15.3. The zero-order valence-electron chi connectivity index (χ0n) is 25.4. The number of halogens is 2. The van der Waals surface area contributed by atoms with Crippen molar-refractivity contribution >= 4 is 11.6 Å². The first-order valence-corrected chi connectivity index (χ1v) is 15.3. The molecule has 230 valence electrons. The van der Waals surface area contributed by atoms with E-state index in [1.54, 1.807) is 13.8 Å². The molecule has 0 saturated heterocycles. The Balaban J connectivity index is 1.26. The van der Waals surface area contributed by atoms with Crippen molar-refractivity contribution in [3.8, 4) is 11.1 Å². The van der Waals surface area contributed by atoms with Crippen molar-refractivity contribution < 1.29 is 28.3 Å². The Morgan fingerprint density at radius 3 is 2.16 bits per heavy atom. The number of benzene rings is 2. The van der Waals surface area contributed by atoms with Gasteiger partial charge >= 0.3 is 0 Å². The van der Waals surface area contributed by atoms with E-state index in [2.05, 4.69) is 10.1 Å². The molecule has 0 aliphatic heterocycles. The summed E-state index contributed by atoms with van der Waals surface area (Å²) < 4.78 is 33.8. The van der Waals surface area contributed by atoms with Gasteiger partial charge in [0.15, 0.2) is 11.5 Å². The second-order valence-electron chi connectivity index (χ2n) is 14.3. The van der Waals surface area contributed by atoms with E-state index < -0.39 is 23.0 Å². The SMILES string of the molecule is CC(C)(O)c1ccc(-c2cccc(N(CC34CCC(c5noc(C(C)(C)F)n5)(CC3)CC4)C(=O)C3CC(O)(F)C3)c2)cc1. The van der Waals surface area contributed by atoms with Crippen LogP contribution in [-0.2, 0) is 21.5 Å². The molecule has 9 heteroatoms. The number of hydrogen-bond donors (Lipinski definition) is 2. The van der Waals surface area contributed by atoms with Crippen LogP contribution in [0.5, 0.6) is 0 Å². The van der Waals surface area contributed by atoms with Gasteiger partial charge in [0.2, 0.25) is 11.8 Å². The van der Waals surface area contributed by atoms with Crippen LogP contribution in [0.3, 0.4) is 0 Å². The fourth-order valence-corrected chi connectivity index (χ4v) is 7.16. The molecular formula is C34H41F2N3O4. The minimum Gasteiger partial charge on any atom is -0.386 e. The van der Waals surface area contributed by atoms with E-state index >= 15 is 0 Å². The Morgan fingerprint density at radius 1 is 1.00 bits per heavy atom. The molecule has 7 nitrogen and oxygen atoms in total. The molecule has 4 aliphatic rings. The summed E-state index contributed by atoms with van der Waals surface area (Å²) in [6.07, 6.45) is 4.65. The maximum absolute atomic E-state index is 14.4. The first kappa shape index (κ1) is 29.9. The van der Waals surface area contributed by atoms with Crippen LogP contribution >= 0.6 is 0 Å². The number of rotatable bonds is 8. The van der Waals surface area contributed by atoms with Crippen molar-refractivity contribution in [2.45, 2.75) is 102 Å². The Morgan fingerprint density at radius 2 is 1.63 bits per heavy atom. The number of carbonyl (C=O) groups excluding carboxylic acids is 1. The average molecular weight is 594 g/mol. The number of amides is 1. The lowest BCUT2D eigenvalue weighted by Gasteiger charge is -2.54. The first-order chi connectivity index (χ1) is 20.1. The predicted octanol–water partition coefficient (Wildman–Crippen LogP) is 6.86. The van der Waals surface area contributed by atoms with Crippen molar-refractivity contribution in [2.24, 2.45) is 11.3 Å². The molecule has 1 aromatic heterocycles. The normalized spacial score (nSPS) is 28.9. The molecule has 3 aromatic rings. The maximum Gasteiger partial charge on any atom is 0.263 e. The molecule has 2 bridgehead atoms. The Bertz CT molecular complexity index is 1470. The van der Waals surface area contributed by atoms with E-state index in [9.17, 15) is 23.8 Å². The van der Waals surface area contributed by atoms with Gasteiger partial charge in [-0.25, -0.2) is 8.78 Å². The van der Waals surface area contributed by atoms with Crippen molar-refractivity contribution in [3.05, 3.63) is 65.8 Å². The van der Waals surface area contributed by atoms with Crippen molar-refractivity contribution in [2.75, 3.05) is 11.4 Å². The summed E-state index contributed by atoms with van der Waals surface area (Å²) in [4.78, 5) is 20.2. The molecule has 1 heterocycles. The topological polar surface area (TPSA) is 99.7 Å². The Labute approximate surface area is 251 Å². The number of nitrogens with zero attached hydrogens (tertiary/aromatic N) is 3. The number of anilines is 1. The van der Waals surface area contributed by atoms with Gasteiger partial charge in [-0.1, -0.05) is 41.6 Å². The smallest absolute Gasteiger partial charge is 0.263 e. The molecule has 0 atom stereocenters. The highest BCUT2D eigenvalue weighted by Crippen LogP contribution is 2.58. The lowest BCUT2D eigenvalue weighted by Crippen LogP contribution is -2.54. The van der Waals surface area contributed by atoms with Gasteiger partial charge in [0.05, 0.1) is 5.60 Å². The number of aliphatic hydroxyl groups is 2. The summed E-state index contributed by atoms with van der Waals surface area (Å²) >= 11 is 0. The predicted molar refractivity (Wildman–Crippen MR) is 159 cm³/mol. The third-order valence-corrected chi connectivity index (χ3v) is 10.1. The van der Waals surface area contributed by atoms with E-state index in [-0.39, 0.29) is 35.5 Å². The Kier molecular flexibility index (Phi) is 7.08. The molecule has 0 radical (unpaired) electrons. The average Bonchev–Trinajstić information content (AvgIpc) is 3.47. The number of aromatic nitrogens is 2. The molecule has 2 aromatic carbocycles. The quantitative estimate of drug-likeness (QED) is 0.296. The van der Waals surface area contributed by atoms with Gasteiger partial charge in [-0.3, -0.25) is 4.79 Å². The van der Waals surface area contributed by atoms with E-state index in [1.807, 2.05) is 53.4 Å². The monoisotopic (exact) mass is 593 g/mol. The third kappa shape index (κ3) is 5.74. The van der Waals surface area contributed by atoms with Crippen LogP contribution in [0.25, 0.3) is 11.1 Å². The van der Waals surface area contributed by atoms with Gasteiger partial charge in [-0.05, 0) is 100 Å². The Hall–Kier alpha value is -3.17. The van der Waals surface area contributed by atoms with Crippen LogP contribution in [0.15, 0.2) is 53.1 Å².